The number of rotatable bonds is 2. The topological polar surface area (TPSA) is 43.8 Å². The highest BCUT2D eigenvalue weighted by molar-refractivity contribution is 7.71. The van der Waals surface area contributed by atoms with Crippen LogP contribution in [0.5, 0.6) is 0 Å². The van der Waals surface area contributed by atoms with Gasteiger partial charge in [0.05, 0.1) is 11.9 Å². The minimum Gasteiger partial charge on any atom is -0.383 e. The molecule has 2 aromatic rings. The van der Waals surface area contributed by atoms with Crippen molar-refractivity contribution >= 4 is 39.6 Å². The highest BCUT2D eigenvalue weighted by atomic mass is 32.1. The second-order valence-corrected chi connectivity index (χ2v) is 6.66. The first kappa shape index (κ1) is 13.5. The van der Waals surface area contributed by atoms with Crippen LogP contribution in [0.3, 0.4) is 0 Å². The van der Waals surface area contributed by atoms with E-state index >= 15 is 0 Å². The Bertz CT molecular complexity index is 794. The van der Waals surface area contributed by atoms with E-state index in [0.717, 1.165) is 29.6 Å². The molecule has 1 aliphatic carbocycles. The number of nitrogen functional groups attached to an aromatic ring is 1. The van der Waals surface area contributed by atoms with Crippen LogP contribution in [-0.4, -0.2) is 9.55 Å². The Balaban J connectivity index is 2.20. The lowest BCUT2D eigenvalue weighted by atomic mass is 10.1. The summed E-state index contributed by atoms with van der Waals surface area (Å²) in [7, 11) is 0. The van der Waals surface area contributed by atoms with Crippen molar-refractivity contribution in [3.63, 3.8) is 0 Å². The van der Waals surface area contributed by atoms with Gasteiger partial charge in [0.25, 0.3) is 0 Å². The Morgan fingerprint density at radius 1 is 1.40 bits per heavy atom. The van der Waals surface area contributed by atoms with Gasteiger partial charge in [0.2, 0.25) is 4.77 Å². The minimum atomic E-state index is 0.552. The molecule has 3 rings (SSSR count). The Morgan fingerprint density at radius 3 is 2.90 bits per heavy atom. The number of anilines is 1. The molecule has 3 nitrogen and oxygen atoms in total. The van der Waals surface area contributed by atoms with Crippen LogP contribution in [-0.2, 0) is 6.54 Å². The molecule has 5 heteroatoms. The summed E-state index contributed by atoms with van der Waals surface area (Å²) in [5, 5.41) is 1.06. The van der Waals surface area contributed by atoms with Gasteiger partial charge in [0, 0.05) is 4.88 Å². The van der Waals surface area contributed by atoms with E-state index in [4.69, 9.17) is 18.0 Å². The average Bonchev–Trinajstić information content (AvgIpc) is 2.72. The van der Waals surface area contributed by atoms with E-state index in [1.165, 1.54) is 16.0 Å². The van der Waals surface area contributed by atoms with Crippen LogP contribution in [0.4, 0.5) is 5.82 Å². The zero-order chi connectivity index (χ0) is 14.3. The molecule has 2 heterocycles. The Labute approximate surface area is 127 Å². The second kappa shape index (κ2) is 5.14. The third kappa shape index (κ3) is 2.21. The molecule has 104 valence electrons. The summed E-state index contributed by atoms with van der Waals surface area (Å²) in [6.07, 6.45) is 8.90. The van der Waals surface area contributed by atoms with Gasteiger partial charge in [-0.15, -0.1) is 11.3 Å². The summed E-state index contributed by atoms with van der Waals surface area (Å²) in [4.78, 5) is 6.76. The summed E-state index contributed by atoms with van der Waals surface area (Å²) in [5.41, 5.74) is 8.57. The quantitative estimate of drug-likeness (QED) is 0.841. The molecular weight excluding hydrogens is 286 g/mol. The molecule has 2 N–H and O–H groups in total. The van der Waals surface area contributed by atoms with Crippen LogP contribution >= 0.6 is 23.6 Å². The van der Waals surface area contributed by atoms with E-state index in [1.54, 1.807) is 11.3 Å². The molecule has 0 aliphatic heterocycles. The summed E-state index contributed by atoms with van der Waals surface area (Å²) < 4.78 is 2.67. The third-order valence-corrected chi connectivity index (χ3v) is 5.27. The average molecular weight is 303 g/mol. The highest BCUT2D eigenvalue weighted by Gasteiger charge is 2.14. The van der Waals surface area contributed by atoms with Gasteiger partial charge < -0.3 is 10.3 Å². The first-order chi connectivity index (χ1) is 9.58. The van der Waals surface area contributed by atoms with Gasteiger partial charge in [-0.05, 0) is 50.0 Å². The molecule has 0 fully saturated rings. The van der Waals surface area contributed by atoms with E-state index in [1.807, 2.05) is 0 Å². The predicted molar refractivity (Wildman–Crippen MR) is 88.8 cm³/mol. The lowest BCUT2D eigenvalue weighted by molar-refractivity contribution is 0.783. The zero-order valence-corrected chi connectivity index (χ0v) is 13.3. The van der Waals surface area contributed by atoms with Crippen LogP contribution in [0.15, 0.2) is 23.8 Å². The first-order valence-corrected chi connectivity index (χ1v) is 7.92. The summed E-state index contributed by atoms with van der Waals surface area (Å²) >= 11 is 7.16. The Hall–Kier alpha value is -1.46. The molecule has 20 heavy (non-hydrogen) atoms. The third-order valence-electron chi connectivity index (χ3n) is 3.73. The van der Waals surface area contributed by atoms with Crippen molar-refractivity contribution in [2.24, 2.45) is 0 Å². The predicted octanol–water partition coefficient (Wildman–Crippen LogP) is 4.30. The number of nitrogens with zero attached hydrogens (tertiary/aromatic N) is 2. The van der Waals surface area contributed by atoms with Gasteiger partial charge >= 0.3 is 0 Å². The molecule has 0 atom stereocenters. The van der Waals surface area contributed by atoms with Gasteiger partial charge in [-0.25, -0.2) is 4.98 Å². The number of aryl methyl sites for hydroxylation is 2. The van der Waals surface area contributed by atoms with Gasteiger partial charge in [0.15, 0.2) is 0 Å². The fourth-order valence-electron chi connectivity index (χ4n) is 2.51. The lowest BCUT2D eigenvalue weighted by Gasteiger charge is -2.12. The van der Waals surface area contributed by atoms with Crippen LogP contribution < -0.4 is 5.73 Å². The standard InChI is InChI=1S/C15H17N3S2/c1-9-10(2)20-14-12(9)13(16)17-15(19)18(14)8-11-6-4-3-5-7-11/h4,6-7H,3,5,8H2,1-2H3,(H2,16,17,19). The van der Waals surface area contributed by atoms with Crippen LogP contribution in [0.2, 0.25) is 0 Å². The van der Waals surface area contributed by atoms with E-state index in [-0.39, 0.29) is 0 Å². The summed E-state index contributed by atoms with van der Waals surface area (Å²) in [5.74, 6) is 0.552. The van der Waals surface area contributed by atoms with Crippen molar-refractivity contribution in [3.05, 3.63) is 39.0 Å². The van der Waals surface area contributed by atoms with Crippen LogP contribution in [0, 0.1) is 18.6 Å². The molecule has 0 bridgehead atoms. The SMILES string of the molecule is Cc1sc2c(c(N)nc(=S)n2CC2=CCCC=C2)c1C. The van der Waals surface area contributed by atoms with E-state index < -0.39 is 0 Å². The van der Waals surface area contributed by atoms with Crippen LogP contribution in [0.25, 0.3) is 10.2 Å². The molecule has 1 aliphatic rings. The number of hydrogen-bond acceptors (Lipinski definition) is 4. The molecule has 0 saturated heterocycles. The van der Waals surface area contributed by atoms with Crippen molar-refractivity contribution in [1.82, 2.24) is 9.55 Å². The molecule has 2 aromatic heterocycles. The molecule has 0 amide bonds. The normalized spacial score (nSPS) is 14.8. The smallest absolute Gasteiger partial charge is 0.202 e. The molecule has 0 unspecified atom stereocenters. The van der Waals surface area contributed by atoms with E-state index in [2.05, 4.69) is 41.6 Å². The Kier molecular flexibility index (Phi) is 3.48. The van der Waals surface area contributed by atoms with Crippen molar-refractivity contribution in [3.8, 4) is 0 Å². The largest absolute Gasteiger partial charge is 0.383 e. The van der Waals surface area contributed by atoms with Crippen molar-refractivity contribution in [2.45, 2.75) is 33.2 Å². The number of thiophene rings is 1. The summed E-state index contributed by atoms with van der Waals surface area (Å²) in [6, 6.07) is 0. The second-order valence-electron chi connectivity index (χ2n) is 5.09. The van der Waals surface area contributed by atoms with Crippen molar-refractivity contribution < 1.29 is 0 Å². The maximum absolute atomic E-state index is 6.06. The zero-order valence-electron chi connectivity index (χ0n) is 11.6. The molecule has 0 spiro atoms. The molecule has 0 saturated carbocycles. The molecule has 0 radical (unpaired) electrons. The fourth-order valence-corrected chi connectivity index (χ4v) is 3.99. The molecular formula is C15H17N3S2. The Morgan fingerprint density at radius 2 is 2.20 bits per heavy atom. The first-order valence-electron chi connectivity index (χ1n) is 6.69. The number of nitrogens with two attached hydrogens (primary N) is 1. The van der Waals surface area contributed by atoms with Gasteiger partial charge in [-0.1, -0.05) is 18.2 Å². The van der Waals surface area contributed by atoms with Gasteiger partial charge in [-0.3, -0.25) is 0 Å². The number of hydrogen-bond donors (Lipinski definition) is 1. The minimum absolute atomic E-state index is 0.552. The maximum atomic E-state index is 6.06. The summed E-state index contributed by atoms with van der Waals surface area (Å²) in [6.45, 7) is 4.99. The highest BCUT2D eigenvalue weighted by Crippen LogP contribution is 2.33. The van der Waals surface area contributed by atoms with E-state index in [0.29, 0.717) is 10.6 Å². The van der Waals surface area contributed by atoms with Crippen LogP contribution in [0.1, 0.15) is 23.3 Å². The monoisotopic (exact) mass is 303 g/mol. The van der Waals surface area contributed by atoms with Crippen molar-refractivity contribution in [2.75, 3.05) is 5.73 Å². The van der Waals surface area contributed by atoms with Crippen molar-refractivity contribution in [1.29, 1.82) is 0 Å². The number of aromatic nitrogens is 2. The van der Waals surface area contributed by atoms with E-state index in [9.17, 15) is 0 Å². The fraction of sp³-hybridized carbons (Fsp3) is 0.333. The maximum Gasteiger partial charge on any atom is 0.202 e. The number of fused-ring (bicyclic) bond motifs is 1. The van der Waals surface area contributed by atoms with Gasteiger partial charge in [0.1, 0.15) is 10.6 Å². The lowest BCUT2D eigenvalue weighted by Crippen LogP contribution is -2.07. The van der Waals surface area contributed by atoms with Gasteiger partial charge in [-0.2, -0.15) is 0 Å². The number of allylic oxidation sites excluding steroid dienone is 4. The molecule has 0 aromatic carbocycles.